The first-order chi connectivity index (χ1) is 14.0. The normalized spacial score (nSPS) is 11.0. The molecule has 1 amide bonds. The second kappa shape index (κ2) is 8.05. The predicted octanol–water partition coefficient (Wildman–Crippen LogP) is 4.47. The summed E-state index contributed by atoms with van der Waals surface area (Å²) in [7, 11) is 0. The summed E-state index contributed by atoms with van der Waals surface area (Å²) in [5.41, 5.74) is 5.84. The van der Waals surface area contributed by atoms with Gasteiger partial charge in [-0.2, -0.15) is 5.10 Å². The summed E-state index contributed by atoms with van der Waals surface area (Å²) in [5, 5.41) is 9.03. The van der Waals surface area contributed by atoms with Crippen LogP contribution in [-0.4, -0.2) is 31.4 Å². The largest absolute Gasteiger partial charge is 0.325 e. The van der Waals surface area contributed by atoms with E-state index in [2.05, 4.69) is 20.4 Å². The Morgan fingerprint density at radius 3 is 2.59 bits per heavy atom. The van der Waals surface area contributed by atoms with Crippen LogP contribution in [-0.2, 0) is 4.79 Å². The van der Waals surface area contributed by atoms with Crippen molar-refractivity contribution in [1.29, 1.82) is 0 Å². The van der Waals surface area contributed by atoms with Crippen molar-refractivity contribution in [2.45, 2.75) is 25.8 Å². The van der Waals surface area contributed by atoms with Crippen molar-refractivity contribution in [2.24, 2.45) is 0 Å². The molecule has 0 saturated heterocycles. The van der Waals surface area contributed by atoms with Crippen molar-refractivity contribution in [2.75, 3.05) is 11.1 Å². The molecule has 0 spiro atoms. The third-order valence-electron chi connectivity index (χ3n) is 4.61. The van der Waals surface area contributed by atoms with Gasteiger partial charge in [0.2, 0.25) is 5.91 Å². The minimum atomic E-state index is -0.0682. The predicted molar refractivity (Wildman–Crippen MR) is 117 cm³/mol. The van der Waals surface area contributed by atoms with E-state index in [0.29, 0.717) is 0 Å². The van der Waals surface area contributed by atoms with E-state index < -0.39 is 0 Å². The van der Waals surface area contributed by atoms with Crippen LogP contribution >= 0.6 is 11.8 Å². The average Bonchev–Trinajstić information content (AvgIpc) is 3.14. The van der Waals surface area contributed by atoms with E-state index in [-0.39, 0.29) is 11.7 Å². The molecule has 0 saturated carbocycles. The Kier molecular flexibility index (Phi) is 5.31. The number of carbonyl (C=O) groups excluding carboxylic acids is 1. The van der Waals surface area contributed by atoms with Gasteiger partial charge in [-0.15, -0.1) is 0 Å². The highest BCUT2D eigenvalue weighted by Gasteiger charge is 2.13. The van der Waals surface area contributed by atoms with E-state index in [1.54, 1.807) is 10.9 Å². The summed E-state index contributed by atoms with van der Waals surface area (Å²) in [5.74, 6) is 0.191. The minimum absolute atomic E-state index is 0.0682. The number of anilines is 1. The zero-order chi connectivity index (χ0) is 20.4. The molecule has 0 fully saturated rings. The van der Waals surface area contributed by atoms with Crippen LogP contribution in [0.4, 0.5) is 5.69 Å². The fourth-order valence-corrected chi connectivity index (χ4v) is 3.76. The van der Waals surface area contributed by atoms with Crippen molar-refractivity contribution in [3.05, 3.63) is 71.7 Å². The number of amides is 1. The van der Waals surface area contributed by atoms with E-state index >= 15 is 0 Å². The summed E-state index contributed by atoms with van der Waals surface area (Å²) in [6, 6.07) is 14.1. The highest BCUT2D eigenvalue weighted by atomic mass is 32.2. The van der Waals surface area contributed by atoms with Crippen molar-refractivity contribution in [3.63, 3.8) is 0 Å². The fourth-order valence-electron chi connectivity index (χ4n) is 3.00. The highest BCUT2D eigenvalue weighted by molar-refractivity contribution is 8.00. The summed E-state index contributed by atoms with van der Waals surface area (Å²) >= 11 is 1.38. The van der Waals surface area contributed by atoms with Crippen molar-refractivity contribution in [3.8, 4) is 5.69 Å². The van der Waals surface area contributed by atoms with Gasteiger partial charge < -0.3 is 5.32 Å². The smallest absolute Gasteiger partial charge is 0.234 e. The molecule has 1 N–H and O–H groups in total. The lowest BCUT2D eigenvalue weighted by atomic mass is 10.1. The molecule has 0 aliphatic heterocycles. The second-order valence-corrected chi connectivity index (χ2v) is 7.93. The molecule has 6 nitrogen and oxygen atoms in total. The molecule has 0 radical (unpaired) electrons. The number of benzene rings is 2. The first-order valence-electron chi connectivity index (χ1n) is 9.27. The lowest BCUT2D eigenvalue weighted by Gasteiger charge is -2.09. The molecule has 0 aliphatic carbocycles. The number of nitrogens with zero attached hydrogens (tertiary/aromatic N) is 4. The van der Waals surface area contributed by atoms with Crippen LogP contribution in [0.3, 0.4) is 0 Å². The van der Waals surface area contributed by atoms with Gasteiger partial charge in [-0.1, -0.05) is 41.6 Å². The Balaban J connectivity index is 1.52. The summed E-state index contributed by atoms with van der Waals surface area (Å²) in [6.07, 6.45) is 3.26. The minimum Gasteiger partial charge on any atom is -0.325 e. The van der Waals surface area contributed by atoms with Gasteiger partial charge in [-0.05, 0) is 50.1 Å². The van der Waals surface area contributed by atoms with E-state index in [9.17, 15) is 4.79 Å². The van der Waals surface area contributed by atoms with E-state index in [0.717, 1.165) is 38.6 Å². The molecule has 0 bridgehead atoms. The van der Waals surface area contributed by atoms with Gasteiger partial charge in [0, 0.05) is 5.69 Å². The number of hydrogen-bond donors (Lipinski definition) is 1. The Morgan fingerprint density at radius 2 is 1.79 bits per heavy atom. The van der Waals surface area contributed by atoms with Gasteiger partial charge in [-0.3, -0.25) is 4.79 Å². The molecule has 2 aromatic carbocycles. The third kappa shape index (κ3) is 4.14. The van der Waals surface area contributed by atoms with Crippen molar-refractivity contribution < 1.29 is 4.79 Å². The van der Waals surface area contributed by atoms with Gasteiger partial charge in [0.15, 0.2) is 5.65 Å². The highest BCUT2D eigenvalue weighted by Crippen LogP contribution is 2.26. The second-order valence-electron chi connectivity index (χ2n) is 6.96. The van der Waals surface area contributed by atoms with Crippen LogP contribution in [0.25, 0.3) is 16.7 Å². The maximum absolute atomic E-state index is 12.4. The first-order valence-corrected chi connectivity index (χ1v) is 10.3. The average molecular weight is 404 g/mol. The van der Waals surface area contributed by atoms with Gasteiger partial charge in [0.25, 0.3) is 0 Å². The fraction of sp³-hybridized carbons (Fsp3) is 0.182. The Hall–Kier alpha value is -3.19. The van der Waals surface area contributed by atoms with Gasteiger partial charge in [-0.25, -0.2) is 14.6 Å². The molecule has 0 unspecified atom stereocenters. The van der Waals surface area contributed by atoms with Gasteiger partial charge >= 0.3 is 0 Å². The number of aryl methyl sites for hydroxylation is 3. The summed E-state index contributed by atoms with van der Waals surface area (Å²) in [6.45, 7) is 6.04. The topological polar surface area (TPSA) is 72.7 Å². The van der Waals surface area contributed by atoms with Crippen LogP contribution < -0.4 is 5.32 Å². The Labute approximate surface area is 173 Å². The number of thioether (sulfide) groups is 1. The van der Waals surface area contributed by atoms with E-state index in [1.165, 1.54) is 23.7 Å². The monoisotopic (exact) mass is 403 g/mol. The molecular weight excluding hydrogens is 382 g/mol. The SMILES string of the molecule is Cc1ccc(-n2ncc3c(SCC(=O)Nc4cc(C)ccc4C)ncnc32)cc1. The molecule has 2 aromatic heterocycles. The number of aromatic nitrogens is 4. The molecule has 7 heteroatoms. The molecule has 0 aliphatic rings. The molecule has 4 aromatic rings. The summed E-state index contributed by atoms with van der Waals surface area (Å²) in [4.78, 5) is 21.2. The first kappa shape index (κ1) is 19.1. The Bertz CT molecular complexity index is 1180. The molecule has 2 heterocycles. The molecule has 146 valence electrons. The van der Waals surface area contributed by atoms with Crippen molar-refractivity contribution >= 4 is 34.4 Å². The van der Waals surface area contributed by atoms with Crippen LogP contribution in [0.2, 0.25) is 0 Å². The lowest BCUT2D eigenvalue weighted by molar-refractivity contribution is -0.113. The Morgan fingerprint density at radius 1 is 1.03 bits per heavy atom. The molecule has 0 atom stereocenters. The van der Waals surface area contributed by atoms with Crippen LogP contribution in [0.1, 0.15) is 16.7 Å². The number of fused-ring (bicyclic) bond motifs is 1. The van der Waals surface area contributed by atoms with Crippen LogP contribution in [0.5, 0.6) is 0 Å². The standard InChI is InChI=1S/C22H21N5OS/c1-14-5-8-17(9-6-14)27-21-18(11-25-27)22(24-13-23-21)29-12-20(28)26-19-10-15(2)4-7-16(19)3/h4-11,13H,12H2,1-3H3,(H,26,28). The third-order valence-corrected chi connectivity index (χ3v) is 5.62. The van der Waals surface area contributed by atoms with E-state index in [1.807, 2.05) is 63.2 Å². The molecule has 4 rings (SSSR count). The van der Waals surface area contributed by atoms with Crippen LogP contribution in [0.15, 0.2) is 60.0 Å². The van der Waals surface area contributed by atoms with Crippen LogP contribution in [0, 0.1) is 20.8 Å². The van der Waals surface area contributed by atoms with Crippen molar-refractivity contribution in [1.82, 2.24) is 19.7 Å². The maximum atomic E-state index is 12.4. The maximum Gasteiger partial charge on any atom is 0.234 e. The van der Waals surface area contributed by atoms with E-state index in [4.69, 9.17) is 0 Å². The zero-order valence-corrected chi connectivity index (χ0v) is 17.3. The lowest BCUT2D eigenvalue weighted by Crippen LogP contribution is -2.15. The number of nitrogens with one attached hydrogen (secondary N) is 1. The number of hydrogen-bond acceptors (Lipinski definition) is 5. The van der Waals surface area contributed by atoms with Gasteiger partial charge in [0.05, 0.1) is 23.0 Å². The molecule has 29 heavy (non-hydrogen) atoms. The number of rotatable bonds is 5. The molecular formula is C22H21N5OS. The zero-order valence-electron chi connectivity index (χ0n) is 16.5. The quantitative estimate of drug-likeness (QED) is 0.393. The van der Waals surface area contributed by atoms with Gasteiger partial charge in [0.1, 0.15) is 11.4 Å². The summed E-state index contributed by atoms with van der Waals surface area (Å²) < 4.78 is 1.79. The number of carbonyl (C=O) groups is 1.